The predicted molar refractivity (Wildman–Crippen MR) is 627 cm³/mol. The molecule has 0 aliphatic heterocycles. The SMILES string of the molecule is CCCCCCCCC(CCCCCCCC)OC(=O)CCCCCCCN(CCO)CCCCCC(=O)N(C)CCCCCCCC.CCCCCCCCC(CCCCCCCC)OC(=O)CCCCCCCN(CCO)CCCCCCCC(=O)N(C)CCCCCCCC.CCCCCCCCCOC(=O)CCCCCCCN(CCO)CCCCCCCCCC(=O)OC(CCCCCC)CCCCCC. The van der Waals surface area contributed by atoms with Gasteiger partial charge in [0.15, 0.2) is 0 Å². The van der Waals surface area contributed by atoms with Crippen LogP contribution in [0.4, 0.5) is 0 Å². The monoisotopic (exact) mass is 2070 g/mol. The van der Waals surface area contributed by atoms with Crippen LogP contribution in [0.5, 0.6) is 0 Å². The Morgan fingerprint density at radius 3 is 0.548 bits per heavy atom. The van der Waals surface area contributed by atoms with E-state index in [0.29, 0.717) is 51.0 Å². The lowest BCUT2D eigenvalue weighted by Crippen LogP contribution is -2.29. The van der Waals surface area contributed by atoms with Gasteiger partial charge in [-0.05, 0) is 213 Å². The smallest absolute Gasteiger partial charge is 0.306 e. The summed E-state index contributed by atoms with van der Waals surface area (Å²) in [6, 6.07) is 0. The van der Waals surface area contributed by atoms with E-state index < -0.39 is 0 Å². The van der Waals surface area contributed by atoms with Crippen molar-refractivity contribution in [3.63, 3.8) is 0 Å². The average molecular weight is 2070 g/mol. The van der Waals surface area contributed by atoms with Crippen LogP contribution in [0.2, 0.25) is 0 Å². The average Bonchev–Trinajstić information content (AvgIpc) is 0.961. The molecule has 3 N–H and O–H groups in total. The maximum absolute atomic E-state index is 12.7. The molecule has 18 heteroatoms. The van der Waals surface area contributed by atoms with Crippen LogP contribution in [0.15, 0.2) is 0 Å². The lowest BCUT2D eigenvalue weighted by atomic mass is 10.0. The highest BCUT2D eigenvalue weighted by atomic mass is 16.6. The second kappa shape index (κ2) is 123. The highest BCUT2D eigenvalue weighted by Crippen LogP contribution is 2.25. The number of carbonyl (C=O) groups is 6. The van der Waals surface area contributed by atoms with Gasteiger partial charge in [-0.1, -0.05) is 448 Å². The Balaban J connectivity index is -0.00000210. The minimum absolute atomic E-state index is 0.0113. The number of hydrogen-bond donors (Lipinski definition) is 3. The van der Waals surface area contributed by atoms with E-state index in [1.165, 1.54) is 366 Å². The van der Waals surface area contributed by atoms with E-state index in [9.17, 15) is 44.1 Å². The summed E-state index contributed by atoms with van der Waals surface area (Å²) in [7, 11) is 3.92. The van der Waals surface area contributed by atoms with E-state index in [1.807, 2.05) is 23.9 Å². The van der Waals surface area contributed by atoms with Gasteiger partial charge in [-0.2, -0.15) is 0 Å². The highest BCUT2D eigenvalue weighted by Gasteiger charge is 2.21. The van der Waals surface area contributed by atoms with Crippen molar-refractivity contribution >= 4 is 35.7 Å². The third kappa shape index (κ3) is 113. The van der Waals surface area contributed by atoms with Gasteiger partial charge < -0.3 is 58.8 Å². The quantitative estimate of drug-likeness (QED) is 0.0293. The second-order valence-electron chi connectivity index (χ2n) is 44.6. The summed E-state index contributed by atoms with van der Waals surface area (Å²) in [6.45, 7) is 31.7. The van der Waals surface area contributed by atoms with E-state index in [-0.39, 0.29) is 67.9 Å². The second-order valence-corrected chi connectivity index (χ2v) is 44.6. The summed E-state index contributed by atoms with van der Waals surface area (Å²) in [6.07, 6.45) is 108. The van der Waals surface area contributed by atoms with Crippen molar-refractivity contribution in [3.8, 4) is 0 Å². The Kier molecular flexibility index (Phi) is 124. The Morgan fingerprint density at radius 1 is 0.178 bits per heavy atom. The van der Waals surface area contributed by atoms with Gasteiger partial charge in [0.2, 0.25) is 11.8 Å². The maximum atomic E-state index is 12.7. The number of unbranched alkanes of at least 4 members (excludes halogenated alkanes) is 66. The summed E-state index contributed by atoms with van der Waals surface area (Å²) in [5.41, 5.74) is 0. The Bertz CT molecular complexity index is 2580. The number of amides is 2. The van der Waals surface area contributed by atoms with Gasteiger partial charge in [0.25, 0.3) is 0 Å². The number of esters is 4. The molecule has 18 nitrogen and oxygen atoms in total. The molecule has 0 aromatic rings. The van der Waals surface area contributed by atoms with Crippen LogP contribution in [0.1, 0.15) is 659 Å². The van der Waals surface area contributed by atoms with E-state index in [1.54, 1.807) is 0 Å². The highest BCUT2D eigenvalue weighted by molar-refractivity contribution is 5.76. The normalized spacial score (nSPS) is 11.6. The number of carbonyl (C=O) groups excluding carboxylic acids is 6. The first-order valence-electron chi connectivity index (χ1n) is 64.7. The number of aliphatic hydroxyl groups is 3. The molecule has 870 valence electrons. The van der Waals surface area contributed by atoms with Crippen LogP contribution in [-0.2, 0) is 47.7 Å². The molecule has 0 bridgehead atoms. The molecule has 0 saturated carbocycles. The van der Waals surface area contributed by atoms with Crippen molar-refractivity contribution in [1.82, 2.24) is 24.5 Å². The van der Waals surface area contributed by atoms with Crippen LogP contribution in [0, 0.1) is 0 Å². The first kappa shape index (κ1) is 147. The van der Waals surface area contributed by atoms with Crippen LogP contribution < -0.4 is 0 Å². The zero-order chi connectivity index (χ0) is 107. The van der Waals surface area contributed by atoms with Crippen LogP contribution in [0.3, 0.4) is 0 Å². The van der Waals surface area contributed by atoms with Crippen molar-refractivity contribution in [1.29, 1.82) is 0 Å². The molecule has 2 amide bonds. The Labute approximate surface area is 908 Å². The lowest BCUT2D eigenvalue weighted by Gasteiger charge is -2.21. The first-order chi connectivity index (χ1) is 71.5. The first-order valence-corrected chi connectivity index (χ1v) is 64.7. The molecule has 0 atom stereocenters. The molecule has 0 aliphatic carbocycles. The fraction of sp³-hybridized carbons (Fsp3) is 0.953. The third-order valence-corrected chi connectivity index (χ3v) is 30.1. The van der Waals surface area contributed by atoms with E-state index >= 15 is 0 Å². The van der Waals surface area contributed by atoms with Crippen LogP contribution in [0.25, 0.3) is 0 Å². The minimum atomic E-state index is -0.0277. The molecule has 146 heavy (non-hydrogen) atoms. The molecule has 0 aliphatic rings. The van der Waals surface area contributed by atoms with E-state index in [0.717, 1.165) is 265 Å². The van der Waals surface area contributed by atoms with Crippen LogP contribution >= 0.6 is 0 Å². The largest absolute Gasteiger partial charge is 0.466 e. The summed E-state index contributed by atoms with van der Waals surface area (Å²) in [5, 5.41) is 28.6. The van der Waals surface area contributed by atoms with E-state index in [2.05, 4.69) is 77.0 Å². The number of nitrogens with zero attached hydrogens (tertiary/aromatic N) is 5. The van der Waals surface area contributed by atoms with Gasteiger partial charge in [-0.25, -0.2) is 0 Å². The molecule has 0 heterocycles. The fourth-order valence-corrected chi connectivity index (χ4v) is 20.2. The molecule has 0 unspecified atom stereocenters. The van der Waals surface area contributed by atoms with Crippen molar-refractivity contribution in [3.05, 3.63) is 0 Å². The predicted octanol–water partition coefficient (Wildman–Crippen LogP) is 35.5. The molecule has 0 spiro atoms. The number of ether oxygens (including phenoxy) is 4. The van der Waals surface area contributed by atoms with Crippen molar-refractivity contribution < 1.29 is 63.0 Å². The van der Waals surface area contributed by atoms with Crippen molar-refractivity contribution in [2.45, 2.75) is 678 Å². The van der Waals surface area contributed by atoms with Gasteiger partial charge >= 0.3 is 23.9 Å². The third-order valence-electron chi connectivity index (χ3n) is 30.1. The summed E-state index contributed by atoms with van der Waals surface area (Å²) in [5.74, 6) is 0.605. The Morgan fingerprint density at radius 2 is 0.336 bits per heavy atom. The summed E-state index contributed by atoms with van der Waals surface area (Å²) >= 11 is 0. The number of rotatable bonds is 117. The minimum Gasteiger partial charge on any atom is -0.466 e. The molecular weight excluding hydrogens is 1820 g/mol. The van der Waals surface area contributed by atoms with Gasteiger partial charge in [-0.15, -0.1) is 0 Å². The molecule has 0 radical (unpaired) electrons. The van der Waals surface area contributed by atoms with E-state index in [4.69, 9.17) is 18.9 Å². The Hall–Kier alpha value is -3.42. The molecule has 0 aromatic heterocycles. The zero-order valence-corrected chi connectivity index (χ0v) is 99.8. The molecule has 0 rings (SSSR count). The van der Waals surface area contributed by atoms with Crippen molar-refractivity contribution in [2.24, 2.45) is 0 Å². The number of hydrogen-bond acceptors (Lipinski definition) is 16. The zero-order valence-electron chi connectivity index (χ0n) is 99.8. The molecule has 0 saturated heterocycles. The lowest BCUT2D eigenvalue weighted by molar-refractivity contribution is -0.151. The molecule has 0 fully saturated rings. The standard InChI is InChI=1S/C44H88N2O4.C42H84N2O4.C42H83NO5/c1-5-8-11-14-19-26-33-42(34-27-20-15-12-9-6-2)50-44(49)36-29-22-18-25-32-39-46(40-41-47)38-31-24-17-21-28-35-43(48)45(4)37-30-23-16-13-10-7-3;1-5-8-11-14-18-24-31-40(32-25-19-15-12-9-6-2)48-42(47)34-27-20-17-22-29-36-44(38-39-45)37-30-23-26-33-41(46)43(4)35-28-21-16-13-10-7-3;1-4-7-10-13-17-23-30-39-47-41(45)33-26-20-18-22-29-36-43(37-38-44)35-28-21-16-14-15-19-27-34-42(46)48-40(31-24-11-8-5-2)32-25-12-9-6-3/h42,47H,5-41H2,1-4H3;40,45H,5-39H2,1-4H3;40,44H,4-39H2,1-3H3. The van der Waals surface area contributed by atoms with Crippen LogP contribution in [-0.4, -0.2) is 206 Å². The molecular formula is C128H255N5O13. The topological polar surface area (TPSA) is 216 Å². The van der Waals surface area contributed by atoms with Gasteiger partial charge in [0.05, 0.1) is 26.4 Å². The van der Waals surface area contributed by atoms with Gasteiger partial charge in [0.1, 0.15) is 18.3 Å². The maximum Gasteiger partial charge on any atom is 0.306 e. The molecule has 0 aromatic carbocycles. The van der Waals surface area contributed by atoms with Gasteiger partial charge in [0, 0.05) is 85.3 Å². The summed E-state index contributed by atoms with van der Waals surface area (Å²) < 4.78 is 23.4. The van der Waals surface area contributed by atoms with Crippen molar-refractivity contribution in [2.75, 3.05) is 113 Å². The number of aliphatic hydroxyl groups excluding tert-OH is 3. The fourth-order valence-electron chi connectivity index (χ4n) is 20.2. The van der Waals surface area contributed by atoms with Gasteiger partial charge in [-0.3, -0.25) is 28.8 Å². The summed E-state index contributed by atoms with van der Waals surface area (Å²) in [4.78, 5) is 85.7.